The molecule has 5 heteroatoms. The molecule has 1 heterocycles. The highest BCUT2D eigenvalue weighted by atomic mass is 16.3. The lowest BCUT2D eigenvalue weighted by molar-refractivity contribution is 0.0514. The van der Waals surface area contributed by atoms with Crippen LogP contribution < -0.4 is 5.32 Å². The van der Waals surface area contributed by atoms with Crippen LogP contribution in [0.2, 0.25) is 0 Å². The number of aliphatic hydroxyl groups is 1. The molecule has 5 nitrogen and oxygen atoms in total. The van der Waals surface area contributed by atoms with Crippen LogP contribution in [0.4, 0.5) is 0 Å². The maximum Gasteiger partial charge on any atom is 0.251 e. The second kappa shape index (κ2) is 5.61. The number of aromatic hydroxyl groups is 1. The summed E-state index contributed by atoms with van der Waals surface area (Å²) in [5.41, 5.74) is -0.240. The molecule has 1 unspecified atom stereocenters. The zero-order chi connectivity index (χ0) is 15.6. The van der Waals surface area contributed by atoms with Crippen LogP contribution >= 0.6 is 0 Å². The largest absolute Gasteiger partial charge is 0.508 e. The number of rotatable bonds is 4. The fourth-order valence-electron chi connectivity index (χ4n) is 2.26. The third-order valence-electron chi connectivity index (χ3n) is 3.32. The van der Waals surface area contributed by atoms with Gasteiger partial charge in [-0.15, -0.1) is 0 Å². The van der Waals surface area contributed by atoms with E-state index in [0.717, 1.165) is 0 Å². The number of hydrogen-bond donors (Lipinski definition) is 3. The Labute approximate surface area is 123 Å². The van der Waals surface area contributed by atoms with Gasteiger partial charge in [0.1, 0.15) is 22.9 Å². The van der Waals surface area contributed by atoms with E-state index < -0.39 is 5.60 Å². The van der Waals surface area contributed by atoms with E-state index >= 15 is 0 Å². The Kier molecular flexibility index (Phi) is 4.04. The highest BCUT2D eigenvalue weighted by molar-refractivity contribution is 5.94. The third kappa shape index (κ3) is 3.44. The minimum absolute atomic E-state index is 0.0238. The molecule has 0 saturated carbocycles. The molecule has 2 aromatic rings. The molecule has 2 rings (SSSR count). The quantitative estimate of drug-likeness (QED) is 0.806. The molecule has 1 atom stereocenters. The van der Waals surface area contributed by atoms with Crippen molar-refractivity contribution in [1.29, 1.82) is 0 Å². The predicted molar refractivity (Wildman–Crippen MR) is 78.2 cm³/mol. The van der Waals surface area contributed by atoms with E-state index in [4.69, 9.17) is 4.42 Å². The number of furan rings is 1. The van der Waals surface area contributed by atoms with Gasteiger partial charge < -0.3 is 19.9 Å². The molecular formula is C16H19NO4. The molecule has 112 valence electrons. The van der Waals surface area contributed by atoms with Crippen molar-refractivity contribution in [1.82, 2.24) is 5.32 Å². The first-order chi connectivity index (χ1) is 9.79. The summed E-state index contributed by atoms with van der Waals surface area (Å²) >= 11 is 0. The van der Waals surface area contributed by atoms with Crippen molar-refractivity contribution < 1.29 is 19.4 Å². The molecule has 21 heavy (non-hydrogen) atoms. The van der Waals surface area contributed by atoms with Gasteiger partial charge in [-0.2, -0.15) is 0 Å². The van der Waals surface area contributed by atoms with Crippen LogP contribution in [-0.2, 0) is 5.60 Å². The lowest BCUT2D eigenvalue weighted by Gasteiger charge is -2.23. The Morgan fingerprint density at radius 2 is 2.05 bits per heavy atom. The monoisotopic (exact) mass is 289 g/mol. The fraction of sp³-hybridized carbons (Fsp3) is 0.312. The molecule has 0 bridgehead atoms. The van der Waals surface area contributed by atoms with Crippen LogP contribution in [0.5, 0.6) is 5.75 Å². The number of aryl methyl sites for hydroxylation is 2. The van der Waals surface area contributed by atoms with E-state index in [1.54, 1.807) is 39.0 Å². The standard InChI is InChI=1S/C16H19NO4/c1-10-7-14(11(2)21-10)16(3,20)9-17-15(19)12-5-4-6-13(18)8-12/h4-8,18,20H,9H2,1-3H3,(H,17,19). The lowest BCUT2D eigenvalue weighted by Crippen LogP contribution is -2.38. The molecule has 1 amide bonds. The van der Waals surface area contributed by atoms with Gasteiger partial charge in [0.05, 0.1) is 6.54 Å². The number of phenols is 1. The molecule has 1 aromatic heterocycles. The van der Waals surface area contributed by atoms with Crippen LogP contribution in [0, 0.1) is 13.8 Å². The van der Waals surface area contributed by atoms with Crippen LogP contribution in [0.3, 0.4) is 0 Å². The lowest BCUT2D eigenvalue weighted by atomic mass is 9.96. The Morgan fingerprint density at radius 3 is 2.62 bits per heavy atom. The molecule has 0 spiro atoms. The van der Waals surface area contributed by atoms with Gasteiger partial charge in [0.2, 0.25) is 0 Å². The second-order valence-corrected chi connectivity index (χ2v) is 5.33. The van der Waals surface area contributed by atoms with Gasteiger partial charge in [0.15, 0.2) is 0 Å². The summed E-state index contributed by atoms with van der Waals surface area (Å²) in [6.07, 6.45) is 0. The number of hydrogen-bond acceptors (Lipinski definition) is 4. The molecule has 0 aliphatic heterocycles. The summed E-state index contributed by atoms with van der Waals surface area (Å²) in [4.78, 5) is 12.0. The van der Waals surface area contributed by atoms with Gasteiger partial charge in [0, 0.05) is 11.1 Å². The molecule has 0 radical (unpaired) electrons. The van der Waals surface area contributed by atoms with E-state index in [1.807, 2.05) is 0 Å². The third-order valence-corrected chi connectivity index (χ3v) is 3.32. The molecule has 0 aliphatic carbocycles. The Bertz CT molecular complexity index is 658. The number of nitrogens with one attached hydrogen (secondary N) is 1. The van der Waals surface area contributed by atoms with Gasteiger partial charge in [-0.3, -0.25) is 4.79 Å². The molecule has 0 saturated heterocycles. The number of phenolic OH excluding ortho intramolecular Hbond substituents is 1. The average Bonchev–Trinajstić information content (AvgIpc) is 2.76. The highest BCUT2D eigenvalue weighted by Gasteiger charge is 2.28. The van der Waals surface area contributed by atoms with Crippen molar-refractivity contribution in [2.24, 2.45) is 0 Å². The van der Waals surface area contributed by atoms with E-state index in [2.05, 4.69) is 5.32 Å². The van der Waals surface area contributed by atoms with Gasteiger partial charge >= 0.3 is 0 Å². The average molecular weight is 289 g/mol. The number of carbonyl (C=O) groups is 1. The SMILES string of the molecule is Cc1cc(C(C)(O)CNC(=O)c2cccc(O)c2)c(C)o1. The molecule has 0 fully saturated rings. The van der Waals surface area contributed by atoms with Crippen LogP contribution in [-0.4, -0.2) is 22.7 Å². The van der Waals surface area contributed by atoms with E-state index in [1.165, 1.54) is 12.1 Å². The Morgan fingerprint density at radius 1 is 1.33 bits per heavy atom. The number of benzene rings is 1. The minimum atomic E-state index is -1.23. The van der Waals surface area contributed by atoms with E-state index in [0.29, 0.717) is 22.6 Å². The normalized spacial score (nSPS) is 13.7. The molecule has 0 aliphatic rings. The van der Waals surface area contributed by atoms with E-state index in [9.17, 15) is 15.0 Å². The van der Waals surface area contributed by atoms with Crippen LogP contribution in [0.1, 0.15) is 34.4 Å². The number of amides is 1. The summed E-state index contributed by atoms with van der Waals surface area (Å²) in [5.74, 6) is 1.01. The van der Waals surface area contributed by atoms with E-state index in [-0.39, 0.29) is 18.2 Å². The van der Waals surface area contributed by atoms with Crippen molar-refractivity contribution in [3.63, 3.8) is 0 Å². The van der Waals surface area contributed by atoms with Crippen LogP contribution in [0.15, 0.2) is 34.7 Å². The second-order valence-electron chi connectivity index (χ2n) is 5.33. The predicted octanol–water partition coefficient (Wildman–Crippen LogP) is 2.24. The summed E-state index contributed by atoms with van der Waals surface area (Å²) in [6, 6.07) is 7.81. The summed E-state index contributed by atoms with van der Waals surface area (Å²) in [7, 11) is 0. The zero-order valence-electron chi connectivity index (χ0n) is 12.3. The van der Waals surface area contributed by atoms with Gasteiger partial charge in [-0.25, -0.2) is 0 Å². The van der Waals surface area contributed by atoms with Crippen molar-refractivity contribution in [3.05, 3.63) is 53.0 Å². The zero-order valence-corrected chi connectivity index (χ0v) is 12.3. The fourth-order valence-corrected chi connectivity index (χ4v) is 2.26. The first-order valence-corrected chi connectivity index (χ1v) is 6.67. The van der Waals surface area contributed by atoms with Gasteiger partial charge in [-0.05, 0) is 45.0 Å². The summed E-state index contributed by atoms with van der Waals surface area (Å²) in [6.45, 7) is 5.24. The topological polar surface area (TPSA) is 82.7 Å². The Hall–Kier alpha value is -2.27. The van der Waals surface area contributed by atoms with Gasteiger partial charge in [0.25, 0.3) is 5.91 Å². The first-order valence-electron chi connectivity index (χ1n) is 6.67. The van der Waals surface area contributed by atoms with Crippen molar-refractivity contribution in [3.8, 4) is 5.75 Å². The summed E-state index contributed by atoms with van der Waals surface area (Å²) in [5, 5.41) is 22.5. The van der Waals surface area contributed by atoms with Crippen molar-refractivity contribution >= 4 is 5.91 Å². The van der Waals surface area contributed by atoms with Crippen molar-refractivity contribution in [2.75, 3.05) is 6.54 Å². The molecule has 1 aromatic carbocycles. The minimum Gasteiger partial charge on any atom is -0.508 e. The summed E-state index contributed by atoms with van der Waals surface area (Å²) < 4.78 is 5.40. The maximum absolute atomic E-state index is 12.0. The maximum atomic E-state index is 12.0. The van der Waals surface area contributed by atoms with Crippen molar-refractivity contribution in [2.45, 2.75) is 26.4 Å². The smallest absolute Gasteiger partial charge is 0.251 e. The number of carbonyl (C=O) groups excluding carboxylic acids is 1. The Balaban J connectivity index is 2.08. The van der Waals surface area contributed by atoms with Gasteiger partial charge in [-0.1, -0.05) is 6.07 Å². The van der Waals surface area contributed by atoms with Crippen LogP contribution in [0.25, 0.3) is 0 Å². The highest BCUT2D eigenvalue weighted by Crippen LogP contribution is 2.26. The first kappa shape index (κ1) is 15.1. The molecule has 3 N–H and O–H groups in total. The molecular weight excluding hydrogens is 270 g/mol.